The summed E-state index contributed by atoms with van der Waals surface area (Å²) in [5, 5.41) is 8.70. The van der Waals surface area contributed by atoms with Crippen LogP contribution in [-0.4, -0.2) is 54.7 Å². The number of benzene rings is 1. The Morgan fingerprint density at radius 1 is 1.14 bits per heavy atom. The van der Waals surface area contributed by atoms with Crippen LogP contribution < -0.4 is 0 Å². The summed E-state index contributed by atoms with van der Waals surface area (Å²) in [5.41, 5.74) is 2.64. The lowest BCUT2D eigenvalue weighted by Gasteiger charge is -2.49. The van der Waals surface area contributed by atoms with Crippen LogP contribution in [0.15, 0.2) is 24.3 Å². The van der Waals surface area contributed by atoms with E-state index in [1.54, 1.807) is 0 Å². The first-order valence-electron chi connectivity index (χ1n) is 7.60. The fraction of sp³-hybridized carbons (Fsp3) is 0.556. The highest BCUT2D eigenvalue weighted by Gasteiger charge is 2.39. The van der Waals surface area contributed by atoms with Crippen molar-refractivity contribution in [3.05, 3.63) is 35.4 Å². The highest BCUT2D eigenvalue weighted by Crippen LogP contribution is 2.36. The predicted molar refractivity (Wildman–Crippen MR) is 87.0 cm³/mol. The number of likely N-dealkylation sites (N-methyl/N-ethyl adjacent to an activating group) is 2. The molecular weight excluding hydrogens is 260 g/mol. The van der Waals surface area contributed by atoms with Crippen molar-refractivity contribution in [1.29, 1.82) is 0 Å². The standard InChI is InChI=1S/C18H26N2O/c1-19(2)18(11-5-12-18)15-20(3)14-17-9-7-16(8-10-17)6-4-13-21/h7-10,21H,5,11-15H2,1-3H3. The summed E-state index contributed by atoms with van der Waals surface area (Å²) in [7, 11) is 6.59. The lowest BCUT2D eigenvalue weighted by atomic mass is 9.75. The summed E-state index contributed by atoms with van der Waals surface area (Å²) in [4.78, 5) is 4.80. The molecule has 21 heavy (non-hydrogen) atoms. The molecule has 3 heteroatoms. The normalized spacial score (nSPS) is 16.5. The molecule has 1 aromatic carbocycles. The molecule has 2 rings (SSSR count). The Kier molecular flexibility index (Phi) is 5.41. The Bertz CT molecular complexity index is 506. The lowest BCUT2D eigenvalue weighted by Crippen LogP contribution is -2.56. The van der Waals surface area contributed by atoms with E-state index in [1.165, 1.54) is 24.8 Å². The van der Waals surface area contributed by atoms with Crippen molar-refractivity contribution in [2.45, 2.75) is 31.3 Å². The fourth-order valence-corrected chi connectivity index (χ4v) is 3.04. The Labute approximate surface area is 128 Å². The zero-order chi connectivity index (χ0) is 15.3. The third-order valence-electron chi connectivity index (χ3n) is 4.52. The van der Waals surface area contributed by atoms with Gasteiger partial charge in [0.25, 0.3) is 0 Å². The number of rotatable bonds is 5. The van der Waals surface area contributed by atoms with E-state index in [-0.39, 0.29) is 6.61 Å². The van der Waals surface area contributed by atoms with Crippen LogP contribution in [0.4, 0.5) is 0 Å². The molecule has 0 saturated heterocycles. The van der Waals surface area contributed by atoms with Crippen molar-refractivity contribution in [1.82, 2.24) is 9.80 Å². The van der Waals surface area contributed by atoms with Crippen LogP contribution in [0.25, 0.3) is 0 Å². The molecule has 0 atom stereocenters. The molecule has 0 unspecified atom stereocenters. The largest absolute Gasteiger partial charge is 0.384 e. The van der Waals surface area contributed by atoms with Gasteiger partial charge in [0.15, 0.2) is 0 Å². The minimum atomic E-state index is -0.0862. The molecule has 1 aliphatic carbocycles. The Morgan fingerprint density at radius 2 is 1.81 bits per heavy atom. The summed E-state index contributed by atoms with van der Waals surface area (Å²) in [6.07, 6.45) is 3.96. The van der Waals surface area contributed by atoms with Gasteiger partial charge < -0.3 is 14.9 Å². The molecule has 114 valence electrons. The Morgan fingerprint density at radius 3 is 2.29 bits per heavy atom. The van der Waals surface area contributed by atoms with Crippen LogP contribution >= 0.6 is 0 Å². The molecule has 1 fully saturated rings. The summed E-state index contributed by atoms with van der Waals surface area (Å²) in [6.45, 7) is 1.99. The van der Waals surface area contributed by atoms with Crippen LogP contribution in [0.3, 0.4) is 0 Å². The molecule has 0 heterocycles. The minimum absolute atomic E-state index is 0.0862. The number of nitrogens with zero attached hydrogens (tertiary/aromatic N) is 2. The molecule has 1 aliphatic rings. The molecule has 0 aliphatic heterocycles. The van der Waals surface area contributed by atoms with Gasteiger partial charge in [-0.25, -0.2) is 0 Å². The van der Waals surface area contributed by atoms with E-state index in [2.05, 4.69) is 54.9 Å². The molecule has 0 bridgehead atoms. The van der Waals surface area contributed by atoms with Crippen molar-refractivity contribution in [2.75, 3.05) is 34.3 Å². The molecular formula is C18H26N2O. The second-order valence-corrected chi connectivity index (χ2v) is 6.30. The van der Waals surface area contributed by atoms with Gasteiger partial charge in [-0.15, -0.1) is 0 Å². The molecule has 0 radical (unpaired) electrons. The summed E-state index contributed by atoms with van der Waals surface area (Å²) < 4.78 is 0. The number of hydrogen-bond acceptors (Lipinski definition) is 3. The first-order chi connectivity index (χ1) is 10.1. The topological polar surface area (TPSA) is 26.7 Å². The molecule has 0 amide bonds. The van der Waals surface area contributed by atoms with E-state index in [9.17, 15) is 0 Å². The van der Waals surface area contributed by atoms with E-state index in [0.717, 1.165) is 18.7 Å². The van der Waals surface area contributed by atoms with Crippen molar-refractivity contribution < 1.29 is 5.11 Å². The molecule has 0 aromatic heterocycles. The van der Waals surface area contributed by atoms with Crippen molar-refractivity contribution in [3.8, 4) is 11.8 Å². The maximum Gasteiger partial charge on any atom is 0.104 e. The van der Waals surface area contributed by atoms with Gasteiger partial charge in [-0.3, -0.25) is 0 Å². The van der Waals surface area contributed by atoms with Gasteiger partial charge in [0.1, 0.15) is 6.61 Å². The summed E-state index contributed by atoms with van der Waals surface area (Å²) in [5.74, 6) is 5.60. The van der Waals surface area contributed by atoms with Crippen LogP contribution in [0, 0.1) is 11.8 Å². The second-order valence-electron chi connectivity index (χ2n) is 6.30. The van der Waals surface area contributed by atoms with E-state index < -0.39 is 0 Å². The lowest BCUT2D eigenvalue weighted by molar-refractivity contribution is 0.0259. The number of hydrogen-bond donors (Lipinski definition) is 1. The Hall–Kier alpha value is -1.34. The van der Waals surface area contributed by atoms with Gasteiger partial charge >= 0.3 is 0 Å². The van der Waals surface area contributed by atoms with Gasteiger partial charge in [0.2, 0.25) is 0 Å². The highest BCUT2D eigenvalue weighted by molar-refractivity contribution is 5.36. The molecule has 3 nitrogen and oxygen atoms in total. The van der Waals surface area contributed by atoms with Gasteiger partial charge in [-0.2, -0.15) is 0 Å². The van der Waals surface area contributed by atoms with E-state index in [4.69, 9.17) is 5.11 Å². The summed E-state index contributed by atoms with van der Waals surface area (Å²) >= 11 is 0. The number of aliphatic hydroxyl groups is 1. The molecule has 1 N–H and O–H groups in total. The van der Waals surface area contributed by atoms with Crippen LogP contribution in [0.2, 0.25) is 0 Å². The van der Waals surface area contributed by atoms with E-state index in [0.29, 0.717) is 5.54 Å². The average Bonchev–Trinajstić information content (AvgIpc) is 2.41. The van der Waals surface area contributed by atoms with Crippen molar-refractivity contribution in [3.63, 3.8) is 0 Å². The maximum atomic E-state index is 8.70. The highest BCUT2D eigenvalue weighted by atomic mass is 16.2. The molecule has 0 spiro atoms. The average molecular weight is 286 g/mol. The van der Waals surface area contributed by atoms with Gasteiger partial charge in [0.05, 0.1) is 0 Å². The zero-order valence-electron chi connectivity index (χ0n) is 13.4. The van der Waals surface area contributed by atoms with Crippen LogP contribution in [-0.2, 0) is 6.54 Å². The number of aliphatic hydroxyl groups excluding tert-OH is 1. The SMILES string of the molecule is CN(Cc1ccc(C#CCO)cc1)CC1(N(C)C)CCC1. The van der Waals surface area contributed by atoms with E-state index in [1.807, 2.05) is 12.1 Å². The summed E-state index contributed by atoms with van der Waals surface area (Å²) in [6, 6.07) is 8.30. The molecule has 1 saturated carbocycles. The second kappa shape index (κ2) is 7.09. The zero-order valence-corrected chi connectivity index (χ0v) is 13.4. The Balaban J connectivity index is 1.92. The van der Waals surface area contributed by atoms with Gasteiger partial charge in [0, 0.05) is 24.2 Å². The first kappa shape index (κ1) is 16.0. The van der Waals surface area contributed by atoms with Gasteiger partial charge in [-0.05, 0) is 58.1 Å². The first-order valence-corrected chi connectivity index (χ1v) is 7.60. The monoisotopic (exact) mass is 286 g/mol. The van der Waals surface area contributed by atoms with Crippen molar-refractivity contribution in [2.24, 2.45) is 0 Å². The van der Waals surface area contributed by atoms with Gasteiger partial charge in [-0.1, -0.05) is 24.0 Å². The quantitative estimate of drug-likeness (QED) is 0.838. The maximum absolute atomic E-state index is 8.70. The fourth-order valence-electron chi connectivity index (χ4n) is 3.04. The van der Waals surface area contributed by atoms with Crippen LogP contribution in [0.5, 0.6) is 0 Å². The van der Waals surface area contributed by atoms with E-state index >= 15 is 0 Å². The third-order valence-corrected chi connectivity index (χ3v) is 4.52. The minimum Gasteiger partial charge on any atom is -0.384 e. The predicted octanol–water partition coefficient (Wildman–Crippen LogP) is 1.95. The van der Waals surface area contributed by atoms with Crippen LogP contribution in [0.1, 0.15) is 30.4 Å². The molecule has 1 aromatic rings. The third kappa shape index (κ3) is 4.07. The van der Waals surface area contributed by atoms with Crippen molar-refractivity contribution >= 4 is 0 Å². The smallest absolute Gasteiger partial charge is 0.104 e.